The molecule has 0 aromatic carbocycles. The van der Waals surface area contributed by atoms with Gasteiger partial charge in [0.15, 0.2) is 0 Å². The maximum atomic E-state index is 8.26. The van der Waals surface area contributed by atoms with E-state index in [1.807, 2.05) is 0 Å². The van der Waals surface area contributed by atoms with Crippen LogP contribution >= 0.6 is 0 Å². The molecule has 7 heteroatoms. The van der Waals surface area contributed by atoms with E-state index in [2.05, 4.69) is 15.0 Å². The molecule has 0 spiro atoms. The lowest BCUT2D eigenvalue weighted by Gasteiger charge is -2.01. The zero-order valence-corrected chi connectivity index (χ0v) is 6.51. The first-order chi connectivity index (χ1) is 6.28. The lowest BCUT2D eigenvalue weighted by atomic mass is 10.4. The van der Waals surface area contributed by atoms with Crippen LogP contribution in [0.25, 0.3) is 0 Å². The van der Waals surface area contributed by atoms with Gasteiger partial charge >= 0.3 is 0 Å². The lowest BCUT2D eigenvalue weighted by Crippen LogP contribution is -2.11. The van der Waals surface area contributed by atoms with Crippen molar-refractivity contribution in [3.63, 3.8) is 0 Å². The van der Waals surface area contributed by atoms with Gasteiger partial charge in [0.1, 0.15) is 12.8 Å². The fraction of sp³-hybridized carbons (Fsp3) is 0.333. The first-order valence-electron chi connectivity index (χ1n) is 3.12. The van der Waals surface area contributed by atoms with Crippen molar-refractivity contribution in [2.45, 2.75) is 12.8 Å². The number of oxime groups is 2. The summed E-state index contributed by atoms with van der Waals surface area (Å²) in [6, 6.07) is 3.31. The molecular weight excluding hydrogens is 176 g/mol. The molecule has 0 aromatic heterocycles. The molecule has 7 nitrogen and oxygen atoms in total. The molecule has 0 atom stereocenters. The number of nitrogens with zero attached hydrogens (tertiary/aromatic N) is 4. The predicted molar refractivity (Wildman–Crippen MR) is 40.0 cm³/mol. The van der Waals surface area contributed by atoms with Crippen LogP contribution in [0.2, 0.25) is 0 Å². The highest BCUT2D eigenvalue weighted by Crippen LogP contribution is 1.94. The maximum Gasteiger partial charge on any atom is 0.246 e. The van der Waals surface area contributed by atoms with Crippen LogP contribution in [0.1, 0.15) is 12.8 Å². The highest BCUT2D eigenvalue weighted by atomic mass is 16.6. The Labute approximate surface area is 73.7 Å². The fourth-order valence-corrected chi connectivity index (χ4v) is 0.455. The second-order valence-electron chi connectivity index (χ2n) is 1.76. The van der Waals surface area contributed by atoms with E-state index < -0.39 is 0 Å². The van der Waals surface area contributed by atoms with Crippen LogP contribution in [0.4, 0.5) is 0 Å². The summed E-state index contributed by atoms with van der Waals surface area (Å²) >= 11 is 0. The van der Waals surface area contributed by atoms with Crippen molar-refractivity contribution in [3.8, 4) is 12.1 Å². The Kier molecular flexibility index (Phi) is 5.30. The first-order valence-corrected chi connectivity index (χ1v) is 3.12. The molecule has 0 aliphatic rings. The predicted octanol–water partition coefficient (Wildman–Crippen LogP) is 0.406. The van der Waals surface area contributed by atoms with Crippen LogP contribution in [0, 0.1) is 22.7 Å². The quantitative estimate of drug-likeness (QED) is 0.277. The van der Waals surface area contributed by atoms with E-state index in [9.17, 15) is 0 Å². The normalized spacial score (nSPS) is 11.5. The van der Waals surface area contributed by atoms with Crippen LogP contribution in [-0.2, 0) is 4.74 Å². The van der Waals surface area contributed by atoms with Crippen molar-refractivity contribution < 1.29 is 15.2 Å². The van der Waals surface area contributed by atoms with E-state index in [1.165, 1.54) is 0 Å². The zero-order chi connectivity index (χ0) is 10.1. The second kappa shape index (κ2) is 6.43. The van der Waals surface area contributed by atoms with Gasteiger partial charge in [-0.15, -0.1) is 0 Å². The van der Waals surface area contributed by atoms with Crippen molar-refractivity contribution in [1.82, 2.24) is 0 Å². The van der Waals surface area contributed by atoms with E-state index in [4.69, 9.17) is 20.9 Å². The molecule has 0 rings (SSSR count). The summed E-state index contributed by atoms with van der Waals surface area (Å²) < 4.78 is 4.58. The third-order valence-electron chi connectivity index (χ3n) is 0.919. The van der Waals surface area contributed by atoms with Gasteiger partial charge in [-0.2, -0.15) is 10.5 Å². The molecule has 0 heterocycles. The van der Waals surface area contributed by atoms with Crippen molar-refractivity contribution in [2.24, 2.45) is 10.3 Å². The minimum Gasteiger partial charge on any atom is -0.420 e. The van der Waals surface area contributed by atoms with Gasteiger partial charge in [0.2, 0.25) is 11.8 Å². The molecule has 0 unspecified atom stereocenters. The lowest BCUT2D eigenvalue weighted by molar-refractivity contribution is 0.284. The average Bonchev–Trinajstić information content (AvgIpc) is 2.16. The topological polar surface area (TPSA) is 122 Å². The monoisotopic (exact) mass is 182 g/mol. The molecule has 68 valence electrons. The average molecular weight is 182 g/mol. The van der Waals surface area contributed by atoms with Gasteiger partial charge < -0.3 is 15.2 Å². The van der Waals surface area contributed by atoms with Gasteiger partial charge in [-0.05, 0) is 0 Å². The van der Waals surface area contributed by atoms with Gasteiger partial charge in [0.05, 0.1) is 12.1 Å². The highest BCUT2D eigenvalue weighted by Gasteiger charge is 2.07. The van der Waals surface area contributed by atoms with E-state index >= 15 is 0 Å². The van der Waals surface area contributed by atoms with Crippen LogP contribution in [0.15, 0.2) is 10.3 Å². The van der Waals surface area contributed by atoms with Crippen LogP contribution in [-0.4, -0.2) is 22.2 Å². The molecule has 0 saturated carbocycles. The van der Waals surface area contributed by atoms with Crippen molar-refractivity contribution in [3.05, 3.63) is 0 Å². The molecule has 0 radical (unpaired) electrons. The van der Waals surface area contributed by atoms with Crippen LogP contribution < -0.4 is 0 Å². The number of ether oxygens (including phenoxy) is 1. The maximum absolute atomic E-state index is 8.26. The third-order valence-corrected chi connectivity index (χ3v) is 0.919. The summed E-state index contributed by atoms with van der Waals surface area (Å²) in [4.78, 5) is 0. The number of rotatable bonds is 2. The second-order valence-corrected chi connectivity index (χ2v) is 1.76. The molecule has 0 fully saturated rings. The van der Waals surface area contributed by atoms with E-state index in [-0.39, 0.29) is 24.6 Å². The smallest absolute Gasteiger partial charge is 0.246 e. The molecule has 0 amide bonds. The Morgan fingerprint density at radius 1 is 1.08 bits per heavy atom. The van der Waals surface area contributed by atoms with Gasteiger partial charge in [-0.25, -0.2) is 0 Å². The van der Waals surface area contributed by atoms with Gasteiger partial charge in [0.25, 0.3) is 0 Å². The minimum absolute atomic E-state index is 0.277. The molecule has 0 bridgehead atoms. The largest absolute Gasteiger partial charge is 0.420 e. The molecule has 0 saturated heterocycles. The summed E-state index contributed by atoms with van der Waals surface area (Å²) in [7, 11) is 0. The van der Waals surface area contributed by atoms with Crippen LogP contribution in [0.3, 0.4) is 0 Å². The molecular formula is C6H6N4O3. The summed E-state index contributed by atoms with van der Waals surface area (Å²) in [6.07, 6.45) is -0.554. The van der Waals surface area contributed by atoms with E-state index in [1.54, 1.807) is 12.1 Å². The standard InChI is InChI=1S/C6H6N4O3/c7-3-1-5(9-11)13-6(10-12)2-4-8/h11-12H,1-2H2. The molecule has 0 aromatic rings. The number of nitriles is 2. The number of hydrogen-bond donors (Lipinski definition) is 2. The molecule has 13 heavy (non-hydrogen) atoms. The zero-order valence-electron chi connectivity index (χ0n) is 6.51. The summed E-state index contributed by atoms with van der Waals surface area (Å²) in [6.45, 7) is 0. The summed E-state index contributed by atoms with van der Waals surface area (Å²) in [5.74, 6) is -0.656. The summed E-state index contributed by atoms with van der Waals surface area (Å²) in [5.41, 5.74) is 0. The molecule has 2 N–H and O–H groups in total. The third kappa shape index (κ3) is 4.22. The van der Waals surface area contributed by atoms with E-state index in [0.717, 1.165) is 0 Å². The van der Waals surface area contributed by atoms with Gasteiger partial charge in [-0.3, -0.25) is 0 Å². The van der Waals surface area contributed by atoms with E-state index in [0.29, 0.717) is 0 Å². The Balaban J connectivity index is 4.25. The Hall–Kier alpha value is -2.28. The molecule has 0 aliphatic carbocycles. The van der Waals surface area contributed by atoms with Crippen molar-refractivity contribution in [2.75, 3.05) is 0 Å². The van der Waals surface area contributed by atoms with Crippen LogP contribution in [0.5, 0.6) is 0 Å². The van der Waals surface area contributed by atoms with Gasteiger partial charge in [0, 0.05) is 0 Å². The SMILES string of the molecule is N#CCC(=NO)OC(CC#N)=NO. The summed E-state index contributed by atoms with van der Waals surface area (Å²) in [5, 5.41) is 38.1. The van der Waals surface area contributed by atoms with Crippen molar-refractivity contribution >= 4 is 11.8 Å². The van der Waals surface area contributed by atoms with Crippen molar-refractivity contribution in [1.29, 1.82) is 10.5 Å². The Morgan fingerprint density at radius 2 is 1.46 bits per heavy atom. The number of hydrogen-bond acceptors (Lipinski definition) is 7. The minimum atomic E-state index is -0.328. The first kappa shape index (κ1) is 10.7. The Morgan fingerprint density at radius 3 is 1.69 bits per heavy atom. The van der Waals surface area contributed by atoms with Gasteiger partial charge in [-0.1, -0.05) is 10.3 Å². The Bertz CT molecular complexity index is 266. The fourth-order valence-electron chi connectivity index (χ4n) is 0.455. The highest BCUT2D eigenvalue weighted by molar-refractivity contribution is 5.92. The molecule has 0 aliphatic heterocycles.